The number of nitrogens with one attached hydrogen (secondary N) is 1. The Kier molecular flexibility index (Phi) is 5.82. The molecule has 7 heteroatoms. The molecule has 1 N–H and O–H groups in total. The van der Waals surface area contributed by atoms with E-state index in [2.05, 4.69) is 5.32 Å². The van der Waals surface area contributed by atoms with Crippen LogP contribution < -0.4 is 15.0 Å². The molecular formula is C21H19ClN2O3S. The highest BCUT2D eigenvalue weighted by Gasteiger charge is 2.34. The SMILES string of the molecule is Cc1ccc(N2C(=O)/C(=C/c3ccc(OC(C)C)cc3)C(=O)NC2=S)cc1Cl. The molecule has 0 unspecified atom stereocenters. The maximum Gasteiger partial charge on any atom is 0.270 e. The highest BCUT2D eigenvalue weighted by molar-refractivity contribution is 7.80. The van der Waals surface area contributed by atoms with Crippen LogP contribution in [0.1, 0.15) is 25.0 Å². The van der Waals surface area contributed by atoms with Gasteiger partial charge in [0.2, 0.25) is 0 Å². The third-order valence-electron chi connectivity index (χ3n) is 4.08. The summed E-state index contributed by atoms with van der Waals surface area (Å²) in [7, 11) is 0. The van der Waals surface area contributed by atoms with Crippen molar-refractivity contribution >= 4 is 52.5 Å². The van der Waals surface area contributed by atoms with Gasteiger partial charge >= 0.3 is 0 Å². The summed E-state index contributed by atoms with van der Waals surface area (Å²) in [6.07, 6.45) is 1.59. The van der Waals surface area contributed by atoms with Crippen LogP contribution in [0.2, 0.25) is 5.02 Å². The van der Waals surface area contributed by atoms with Crippen LogP contribution in [-0.2, 0) is 9.59 Å². The number of amides is 2. The van der Waals surface area contributed by atoms with E-state index in [-0.39, 0.29) is 16.8 Å². The van der Waals surface area contributed by atoms with E-state index in [1.807, 2.05) is 20.8 Å². The van der Waals surface area contributed by atoms with Crippen molar-refractivity contribution < 1.29 is 14.3 Å². The molecule has 1 aliphatic rings. The molecule has 144 valence electrons. The van der Waals surface area contributed by atoms with E-state index in [0.717, 1.165) is 5.56 Å². The summed E-state index contributed by atoms with van der Waals surface area (Å²) in [5, 5.41) is 3.09. The molecule has 0 saturated carbocycles. The number of ether oxygens (including phenoxy) is 1. The fourth-order valence-corrected chi connectivity index (χ4v) is 3.15. The number of carbonyl (C=O) groups excluding carboxylic acids is 2. The summed E-state index contributed by atoms with van der Waals surface area (Å²) >= 11 is 11.4. The first-order valence-corrected chi connectivity index (χ1v) is 9.49. The van der Waals surface area contributed by atoms with Crippen molar-refractivity contribution in [3.8, 4) is 5.75 Å². The van der Waals surface area contributed by atoms with Crippen LogP contribution in [-0.4, -0.2) is 23.0 Å². The van der Waals surface area contributed by atoms with E-state index in [4.69, 9.17) is 28.6 Å². The van der Waals surface area contributed by atoms with Crippen LogP contribution in [0.5, 0.6) is 5.75 Å². The number of hydrogen-bond acceptors (Lipinski definition) is 4. The molecule has 5 nitrogen and oxygen atoms in total. The van der Waals surface area contributed by atoms with Crippen LogP contribution in [0.15, 0.2) is 48.0 Å². The predicted octanol–water partition coefficient (Wildman–Crippen LogP) is 4.27. The van der Waals surface area contributed by atoms with Crippen molar-refractivity contribution in [3.05, 3.63) is 64.2 Å². The standard InChI is InChI=1S/C21H19ClN2O3S/c1-12(2)27-16-8-5-14(6-9-16)10-17-19(25)23-21(28)24(20(17)26)15-7-4-13(3)18(22)11-15/h4-12H,1-3H3,(H,23,25,28)/b17-10+. The number of halogens is 1. The number of carbonyl (C=O) groups is 2. The van der Waals surface area contributed by atoms with Crippen molar-refractivity contribution in [3.63, 3.8) is 0 Å². The predicted molar refractivity (Wildman–Crippen MR) is 115 cm³/mol. The molecule has 0 aromatic heterocycles. The van der Waals surface area contributed by atoms with Gasteiger partial charge in [-0.2, -0.15) is 0 Å². The van der Waals surface area contributed by atoms with Crippen molar-refractivity contribution in [2.24, 2.45) is 0 Å². The Morgan fingerprint density at radius 3 is 2.43 bits per heavy atom. The second-order valence-electron chi connectivity index (χ2n) is 6.63. The van der Waals surface area contributed by atoms with Crippen molar-refractivity contribution in [2.45, 2.75) is 26.9 Å². The van der Waals surface area contributed by atoms with E-state index in [0.29, 0.717) is 22.0 Å². The largest absolute Gasteiger partial charge is 0.491 e. The molecule has 0 aliphatic carbocycles. The lowest BCUT2D eigenvalue weighted by molar-refractivity contribution is -0.122. The van der Waals surface area contributed by atoms with Gasteiger partial charge in [0, 0.05) is 5.02 Å². The molecular weight excluding hydrogens is 396 g/mol. The summed E-state index contributed by atoms with van der Waals surface area (Å²) in [6, 6.07) is 12.3. The topological polar surface area (TPSA) is 58.6 Å². The summed E-state index contributed by atoms with van der Waals surface area (Å²) in [4.78, 5) is 26.6. The zero-order chi connectivity index (χ0) is 20.4. The van der Waals surface area contributed by atoms with Gasteiger partial charge in [0.25, 0.3) is 11.8 Å². The van der Waals surface area contributed by atoms with Gasteiger partial charge in [0.05, 0.1) is 11.8 Å². The summed E-state index contributed by atoms with van der Waals surface area (Å²) in [5.41, 5.74) is 2.06. The van der Waals surface area contributed by atoms with Gasteiger partial charge in [-0.15, -0.1) is 0 Å². The van der Waals surface area contributed by atoms with E-state index in [1.165, 1.54) is 11.0 Å². The normalized spacial score (nSPS) is 16.0. The lowest BCUT2D eigenvalue weighted by atomic mass is 10.1. The molecule has 1 saturated heterocycles. The minimum atomic E-state index is -0.535. The highest BCUT2D eigenvalue weighted by Crippen LogP contribution is 2.27. The molecule has 0 radical (unpaired) electrons. The molecule has 2 amide bonds. The Balaban J connectivity index is 1.93. The number of benzene rings is 2. The van der Waals surface area contributed by atoms with E-state index in [9.17, 15) is 9.59 Å². The quantitative estimate of drug-likeness (QED) is 0.461. The highest BCUT2D eigenvalue weighted by atomic mass is 35.5. The van der Waals surface area contributed by atoms with Gasteiger partial charge in [-0.1, -0.05) is 29.8 Å². The molecule has 1 heterocycles. The number of hydrogen-bond donors (Lipinski definition) is 1. The Labute approximate surface area is 173 Å². The van der Waals surface area contributed by atoms with E-state index in [1.54, 1.807) is 42.5 Å². The third kappa shape index (κ3) is 4.24. The van der Waals surface area contributed by atoms with Crippen LogP contribution in [0.4, 0.5) is 5.69 Å². The first-order chi connectivity index (χ1) is 13.3. The van der Waals surface area contributed by atoms with Gasteiger partial charge < -0.3 is 4.74 Å². The first-order valence-electron chi connectivity index (χ1n) is 8.70. The summed E-state index contributed by atoms with van der Waals surface area (Å²) in [5.74, 6) is -0.322. The maximum atomic E-state index is 13.0. The number of aryl methyl sites for hydroxylation is 1. The van der Waals surface area contributed by atoms with Crippen LogP contribution in [0.3, 0.4) is 0 Å². The minimum Gasteiger partial charge on any atom is -0.491 e. The molecule has 0 bridgehead atoms. The zero-order valence-corrected chi connectivity index (χ0v) is 17.2. The van der Waals surface area contributed by atoms with Gasteiger partial charge in [0.1, 0.15) is 11.3 Å². The molecule has 0 spiro atoms. The van der Waals surface area contributed by atoms with E-state index >= 15 is 0 Å². The summed E-state index contributed by atoms with van der Waals surface area (Å²) in [6.45, 7) is 5.74. The fraction of sp³-hybridized carbons (Fsp3) is 0.190. The Morgan fingerprint density at radius 2 is 1.82 bits per heavy atom. The van der Waals surface area contributed by atoms with Crippen molar-refractivity contribution in [1.29, 1.82) is 0 Å². The smallest absolute Gasteiger partial charge is 0.270 e. The average molecular weight is 415 g/mol. The lowest BCUT2D eigenvalue weighted by Gasteiger charge is -2.29. The van der Waals surface area contributed by atoms with Crippen LogP contribution in [0, 0.1) is 6.92 Å². The van der Waals surface area contributed by atoms with Crippen molar-refractivity contribution in [1.82, 2.24) is 5.32 Å². The molecule has 0 atom stereocenters. The number of nitrogens with zero attached hydrogens (tertiary/aromatic N) is 1. The minimum absolute atomic E-state index is 0.0113. The molecule has 28 heavy (non-hydrogen) atoms. The summed E-state index contributed by atoms with van der Waals surface area (Å²) < 4.78 is 5.61. The second kappa shape index (κ2) is 8.12. The Hall–Kier alpha value is -2.70. The molecule has 2 aromatic carbocycles. The Morgan fingerprint density at radius 1 is 1.14 bits per heavy atom. The zero-order valence-electron chi connectivity index (χ0n) is 15.7. The van der Waals surface area contributed by atoms with Crippen LogP contribution in [0.25, 0.3) is 6.08 Å². The third-order valence-corrected chi connectivity index (χ3v) is 4.77. The van der Waals surface area contributed by atoms with Gasteiger partial charge in [-0.05, 0) is 74.5 Å². The van der Waals surface area contributed by atoms with Gasteiger partial charge in [0.15, 0.2) is 5.11 Å². The van der Waals surface area contributed by atoms with Gasteiger partial charge in [-0.25, -0.2) is 0 Å². The Bertz CT molecular complexity index is 984. The maximum absolute atomic E-state index is 13.0. The van der Waals surface area contributed by atoms with Gasteiger partial charge in [-0.3, -0.25) is 19.8 Å². The molecule has 2 aromatic rings. The number of thiocarbonyl (C=S) groups is 1. The first kappa shape index (κ1) is 20.0. The van der Waals surface area contributed by atoms with Crippen molar-refractivity contribution in [2.75, 3.05) is 4.90 Å². The lowest BCUT2D eigenvalue weighted by Crippen LogP contribution is -2.54. The average Bonchev–Trinajstić information content (AvgIpc) is 2.62. The number of anilines is 1. The monoisotopic (exact) mass is 414 g/mol. The number of rotatable bonds is 4. The fourth-order valence-electron chi connectivity index (χ4n) is 2.69. The molecule has 1 aliphatic heterocycles. The van der Waals surface area contributed by atoms with Crippen LogP contribution >= 0.6 is 23.8 Å². The second-order valence-corrected chi connectivity index (χ2v) is 7.42. The van der Waals surface area contributed by atoms with E-state index < -0.39 is 11.8 Å². The molecule has 3 rings (SSSR count). The molecule has 1 fully saturated rings.